The van der Waals surface area contributed by atoms with Crippen LogP contribution in [-0.2, 0) is 9.47 Å². The van der Waals surface area contributed by atoms with Gasteiger partial charge in [0, 0.05) is 5.56 Å². The Balaban J connectivity index is 2.28. The van der Waals surface area contributed by atoms with E-state index >= 15 is 0 Å². The van der Waals surface area contributed by atoms with E-state index in [2.05, 4.69) is 0 Å². The van der Waals surface area contributed by atoms with Crippen LogP contribution in [0.5, 0.6) is 0 Å². The summed E-state index contributed by atoms with van der Waals surface area (Å²) in [5.74, 6) is 0. The van der Waals surface area contributed by atoms with Crippen molar-refractivity contribution in [1.82, 2.24) is 0 Å². The molecular weight excluding hydrogens is 202 g/mol. The number of benzene rings is 1. The second-order valence-electron chi connectivity index (χ2n) is 2.92. The summed E-state index contributed by atoms with van der Waals surface area (Å²) in [5.41, 5.74) is 1.32. The predicted molar refractivity (Wildman–Crippen MR) is 50.8 cm³/mol. The van der Waals surface area contributed by atoms with Crippen LogP contribution in [0.25, 0.3) is 0 Å². The second-order valence-corrected chi connectivity index (χ2v) is 3.33. The highest BCUT2D eigenvalue weighted by atomic mass is 35.5. The van der Waals surface area contributed by atoms with E-state index in [1.54, 1.807) is 18.2 Å². The Labute approximate surface area is 86.8 Å². The van der Waals surface area contributed by atoms with Gasteiger partial charge in [0.25, 0.3) is 0 Å². The van der Waals surface area contributed by atoms with Gasteiger partial charge in [0.15, 0.2) is 6.29 Å². The molecular formula is C10H8ClNO2. The van der Waals surface area contributed by atoms with E-state index in [1.165, 1.54) is 0 Å². The second kappa shape index (κ2) is 3.97. The summed E-state index contributed by atoms with van der Waals surface area (Å²) in [6.07, 6.45) is -0.333. The van der Waals surface area contributed by atoms with E-state index < -0.39 is 0 Å². The summed E-state index contributed by atoms with van der Waals surface area (Å²) in [6.45, 7) is 1.20. The van der Waals surface area contributed by atoms with Crippen molar-refractivity contribution in [2.45, 2.75) is 6.29 Å². The Morgan fingerprint density at radius 1 is 1.36 bits per heavy atom. The highest BCUT2D eigenvalue weighted by molar-refractivity contribution is 6.31. The highest BCUT2D eigenvalue weighted by Crippen LogP contribution is 2.26. The first-order valence-electron chi connectivity index (χ1n) is 4.24. The molecule has 1 aromatic carbocycles. The summed E-state index contributed by atoms with van der Waals surface area (Å²) < 4.78 is 10.6. The Kier molecular flexibility index (Phi) is 2.69. The van der Waals surface area contributed by atoms with Crippen LogP contribution in [0.2, 0.25) is 5.02 Å². The monoisotopic (exact) mass is 209 g/mol. The van der Waals surface area contributed by atoms with Crippen molar-refractivity contribution in [3.05, 3.63) is 34.3 Å². The van der Waals surface area contributed by atoms with Crippen molar-refractivity contribution in [3.8, 4) is 6.07 Å². The maximum Gasteiger partial charge on any atom is 0.184 e. The van der Waals surface area contributed by atoms with E-state index in [4.69, 9.17) is 26.3 Å². The smallest absolute Gasteiger partial charge is 0.184 e. The number of hydrogen-bond donors (Lipinski definition) is 0. The molecule has 1 aliphatic heterocycles. The molecule has 0 aromatic heterocycles. The van der Waals surface area contributed by atoms with E-state index in [0.29, 0.717) is 23.8 Å². The first-order chi connectivity index (χ1) is 6.81. The van der Waals surface area contributed by atoms with E-state index in [9.17, 15) is 0 Å². The zero-order valence-electron chi connectivity index (χ0n) is 7.37. The molecule has 4 heteroatoms. The number of rotatable bonds is 1. The van der Waals surface area contributed by atoms with Crippen LogP contribution in [0.3, 0.4) is 0 Å². The lowest BCUT2D eigenvalue weighted by Crippen LogP contribution is -1.97. The molecule has 0 atom stereocenters. The van der Waals surface area contributed by atoms with Crippen molar-refractivity contribution in [2.75, 3.05) is 13.2 Å². The van der Waals surface area contributed by atoms with Crippen LogP contribution in [0.15, 0.2) is 18.2 Å². The fourth-order valence-electron chi connectivity index (χ4n) is 1.32. The predicted octanol–water partition coefficient (Wildman–Crippen LogP) is 2.26. The van der Waals surface area contributed by atoms with Crippen molar-refractivity contribution >= 4 is 11.6 Å². The molecule has 0 saturated carbocycles. The van der Waals surface area contributed by atoms with Crippen LogP contribution < -0.4 is 0 Å². The molecule has 1 saturated heterocycles. The van der Waals surface area contributed by atoms with Gasteiger partial charge < -0.3 is 9.47 Å². The average molecular weight is 210 g/mol. The molecule has 3 nitrogen and oxygen atoms in total. The third kappa shape index (κ3) is 1.73. The Hall–Kier alpha value is -1.08. The lowest BCUT2D eigenvalue weighted by molar-refractivity contribution is -0.0441. The van der Waals surface area contributed by atoms with Gasteiger partial charge >= 0.3 is 0 Å². The van der Waals surface area contributed by atoms with Crippen molar-refractivity contribution in [2.24, 2.45) is 0 Å². The van der Waals surface area contributed by atoms with E-state index in [0.717, 1.165) is 5.56 Å². The fraction of sp³-hybridized carbons (Fsp3) is 0.300. The minimum absolute atomic E-state index is 0.333. The Bertz CT molecular complexity index is 380. The van der Waals surface area contributed by atoms with Crippen LogP contribution in [0.1, 0.15) is 17.4 Å². The number of nitriles is 1. The molecule has 0 aliphatic carbocycles. The lowest BCUT2D eigenvalue weighted by Gasteiger charge is -2.09. The van der Waals surface area contributed by atoms with Gasteiger partial charge in [0.05, 0.1) is 23.8 Å². The third-order valence-corrected chi connectivity index (χ3v) is 2.32. The normalized spacial score (nSPS) is 16.9. The quantitative estimate of drug-likeness (QED) is 0.713. The summed E-state index contributed by atoms with van der Waals surface area (Å²) in [5, 5.41) is 9.11. The largest absolute Gasteiger partial charge is 0.346 e. The standard InChI is InChI=1S/C10H8ClNO2/c11-9-5-7(1-2-8(9)6-12)10-13-3-4-14-10/h1-2,5,10H,3-4H2. The number of nitrogens with zero attached hydrogens (tertiary/aromatic N) is 1. The van der Waals surface area contributed by atoms with Crippen LogP contribution in [-0.4, -0.2) is 13.2 Å². The zero-order chi connectivity index (χ0) is 9.97. The number of ether oxygens (including phenoxy) is 2. The first kappa shape index (κ1) is 9.47. The molecule has 72 valence electrons. The molecule has 2 rings (SSSR count). The minimum atomic E-state index is -0.333. The molecule has 1 aliphatic rings. The molecule has 1 heterocycles. The molecule has 1 aromatic rings. The summed E-state index contributed by atoms with van der Waals surface area (Å²) in [4.78, 5) is 0. The molecule has 0 N–H and O–H groups in total. The van der Waals surface area contributed by atoms with Crippen LogP contribution in [0.4, 0.5) is 0 Å². The summed E-state index contributed by atoms with van der Waals surface area (Å²) >= 11 is 5.87. The van der Waals surface area contributed by atoms with Crippen molar-refractivity contribution in [3.63, 3.8) is 0 Å². The minimum Gasteiger partial charge on any atom is -0.346 e. The first-order valence-corrected chi connectivity index (χ1v) is 4.62. The number of hydrogen-bond acceptors (Lipinski definition) is 3. The van der Waals surface area contributed by atoms with Crippen LogP contribution in [0, 0.1) is 11.3 Å². The number of halogens is 1. The van der Waals surface area contributed by atoms with E-state index in [1.807, 2.05) is 6.07 Å². The third-order valence-electron chi connectivity index (χ3n) is 2.01. The fourth-order valence-corrected chi connectivity index (χ4v) is 1.55. The molecule has 0 radical (unpaired) electrons. The summed E-state index contributed by atoms with van der Waals surface area (Å²) in [6, 6.07) is 7.17. The van der Waals surface area contributed by atoms with Gasteiger partial charge in [-0.1, -0.05) is 17.7 Å². The molecule has 0 amide bonds. The van der Waals surface area contributed by atoms with Crippen LogP contribution >= 0.6 is 11.6 Å². The maximum atomic E-state index is 8.68. The molecule has 14 heavy (non-hydrogen) atoms. The SMILES string of the molecule is N#Cc1ccc(C2OCCO2)cc1Cl. The zero-order valence-corrected chi connectivity index (χ0v) is 8.12. The van der Waals surface area contributed by atoms with Crippen molar-refractivity contribution < 1.29 is 9.47 Å². The molecule has 0 spiro atoms. The van der Waals surface area contributed by atoms with Gasteiger partial charge in [-0.2, -0.15) is 5.26 Å². The topological polar surface area (TPSA) is 42.2 Å². The Morgan fingerprint density at radius 2 is 2.07 bits per heavy atom. The van der Waals surface area contributed by atoms with Gasteiger partial charge in [-0.3, -0.25) is 0 Å². The van der Waals surface area contributed by atoms with Crippen molar-refractivity contribution in [1.29, 1.82) is 5.26 Å². The van der Waals surface area contributed by atoms with Gasteiger partial charge in [-0.15, -0.1) is 0 Å². The highest BCUT2D eigenvalue weighted by Gasteiger charge is 2.18. The van der Waals surface area contributed by atoms with Gasteiger partial charge in [-0.25, -0.2) is 0 Å². The van der Waals surface area contributed by atoms with Gasteiger partial charge in [-0.05, 0) is 12.1 Å². The summed E-state index contributed by atoms with van der Waals surface area (Å²) in [7, 11) is 0. The molecule has 1 fully saturated rings. The molecule has 0 unspecified atom stereocenters. The Morgan fingerprint density at radius 3 is 2.64 bits per heavy atom. The van der Waals surface area contributed by atoms with E-state index in [-0.39, 0.29) is 6.29 Å². The lowest BCUT2D eigenvalue weighted by atomic mass is 10.1. The van der Waals surface area contributed by atoms with Gasteiger partial charge in [0.1, 0.15) is 6.07 Å². The van der Waals surface area contributed by atoms with Gasteiger partial charge in [0.2, 0.25) is 0 Å². The molecule has 0 bridgehead atoms. The maximum absolute atomic E-state index is 8.68. The average Bonchev–Trinajstić information content (AvgIpc) is 2.70.